The normalized spacial score (nSPS) is 15.8. The van der Waals surface area contributed by atoms with Crippen LogP contribution in [0.3, 0.4) is 0 Å². The van der Waals surface area contributed by atoms with Gasteiger partial charge >= 0.3 is 29.9 Å². The van der Waals surface area contributed by atoms with E-state index in [0.29, 0.717) is 0 Å². The number of alkyl halides is 9. The molecule has 0 amide bonds. The Hall–Kier alpha value is -1.46. The molecule has 0 aromatic carbocycles. The number of hydrogen-bond donors (Lipinski definition) is 1. The number of allylic oxidation sites excluding steroid dienone is 1. The van der Waals surface area contributed by atoms with Crippen molar-refractivity contribution < 1.29 is 54.2 Å². The van der Waals surface area contributed by atoms with E-state index in [1.165, 1.54) is 6.92 Å². The lowest BCUT2D eigenvalue weighted by Crippen LogP contribution is -2.61. The van der Waals surface area contributed by atoms with Crippen molar-refractivity contribution in [1.29, 1.82) is 0 Å². The zero-order chi connectivity index (χ0) is 18.7. The minimum absolute atomic E-state index is 0.761. The second-order valence-corrected chi connectivity index (χ2v) is 4.34. The van der Waals surface area contributed by atoms with Crippen LogP contribution in [0.5, 0.6) is 0 Å². The molecular weight excluding hydrogens is 351 g/mol. The number of rotatable bonds is 7. The molecule has 136 valence electrons. The molecule has 23 heavy (non-hydrogen) atoms. The summed E-state index contributed by atoms with van der Waals surface area (Å²) in [6.07, 6.45) is -10.1. The van der Waals surface area contributed by atoms with E-state index in [9.17, 15) is 44.3 Å². The molecule has 0 saturated carbocycles. The summed E-state index contributed by atoms with van der Waals surface area (Å²) >= 11 is 0. The molecule has 1 unspecified atom stereocenters. The van der Waals surface area contributed by atoms with Crippen LogP contribution in [0, 0.1) is 0 Å². The van der Waals surface area contributed by atoms with E-state index >= 15 is 0 Å². The second kappa shape index (κ2) is 6.97. The first kappa shape index (κ1) is 21.5. The summed E-state index contributed by atoms with van der Waals surface area (Å²) in [5.41, 5.74) is 0. The van der Waals surface area contributed by atoms with Crippen molar-refractivity contribution in [2.45, 2.75) is 43.4 Å². The number of aliphatic hydroxyl groups is 1. The van der Waals surface area contributed by atoms with Crippen molar-refractivity contribution in [3.8, 4) is 0 Å². The molecule has 0 saturated heterocycles. The molecule has 0 bridgehead atoms. The SMILES string of the molecule is CC=CC(=O)OCC(O)CC(F)(F)C(F)(F)C(F)(F)C(F)(F)F. The van der Waals surface area contributed by atoms with Gasteiger partial charge in [-0.2, -0.15) is 39.5 Å². The van der Waals surface area contributed by atoms with Crippen LogP contribution in [0.2, 0.25) is 0 Å². The van der Waals surface area contributed by atoms with E-state index < -0.39 is 49.0 Å². The van der Waals surface area contributed by atoms with Crippen molar-refractivity contribution in [3.63, 3.8) is 0 Å². The third kappa shape index (κ3) is 4.75. The van der Waals surface area contributed by atoms with Crippen LogP contribution >= 0.6 is 0 Å². The van der Waals surface area contributed by atoms with Crippen molar-refractivity contribution in [3.05, 3.63) is 12.2 Å². The number of aliphatic hydroxyl groups excluding tert-OH is 1. The van der Waals surface area contributed by atoms with Crippen LogP contribution in [-0.2, 0) is 9.53 Å². The molecule has 0 aliphatic rings. The average Bonchev–Trinajstić information content (AvgIpc) is 2.34. The number of ether oxygens (including phenoxy) is 1. The first-order valence-corrected chi connectivity index (χ1v) is 5.78. The highest BCUT2D eigenvalue weighted by atomic mass is 19.4. The lowest BCUT2D eigenvalue weighted by atomic mass is 9.98. The molecule has 1 atom stereocenters. The predicted octanol–water partition coefficient (Wildman–Crippen LogP) is 3.32. The van der Waals surface area contributed by atoms with Gasteiger partial charge in [-0.05, 0) is 6.92 Å². The highest BCUT2D eigenvalue weighted by molar-refractivity contribution is 5.81. The molecular formula is C11H11F9O3. The fourth-order valence-electron chi connectivity index (χ4n) is 1.25. The first-order chi connectivity index (χ1) is 10.1. The molecule has 0 spiro atoms. The highest BCUT2D eigenvalue weighted by Gasteiger charge is 2.81. The Balaban J connectivity index is 5.07. The Kier molecular flexibility index (Phi) is 6.53. The molecule has 0 aromatic rings. The number of halogens is 9. The van der Waals surface area contributed by atoms with E-state index in [-0.39, 0.29) is 0 Å². The lowest BCUT2D eigenvalue weighted by Gasteiger charge is -2.34. The average molecular weight is 362 g/mol. The van der Waals surface area contributed by atoms with Gasteiger partial charge in [0.25, 0.3) is 0 Å². The van der Waals surface area contributed by atoms with Gasteiger partial charge in [-0.15, -0.1) is 0 Å². The van der Waals surface area contributed by atoms with Crippen LogP contribution in [0.1, 0.15) is 13.3 Å². The number of hydrogen-bond acceptors (Lipinski definition) is 3. The van der Waals surface area contributed by atoms with Crippen LogP contribution in [-0.4, -0.2) is 47.7 Å². The number of carbonyl (C=O) groups excluding carboxylic acids is 1. The maximum atomic E-state index is 13.1. The Morgan fingerprint density at radius 1 is 1.04 bits per heavy atom. The van der Waals surface area contributed by atoms with Crippen LogP contribution in [0.25, 0.3) is 0 Å². The van der Waals surface area contributed by atoms with Gasteiger partial charge < -0.3 is 9.84 Å². The fraction of sp³-hybridized carbons (Fsp3) is 0.727. The van der Waals surface area contributed by atoms with E-state index in [0.717, 1.165) is 12.2 Å². The molecule has 0 rings (SSSR count). The molecule has 0 aliphatic heterocycles. The smallest absolute Gasteiger partial charge is 0.460 e. The summed E-state index contributed by atoms with van der Waals surface area (Å²) in [6.45, 7) is 0.0536. The Bertz CT molecular complexity index is 443. The number of esters is 1. The maximum absolute atomic E-state index is 13.1. The first-order valence-electron chi connectivity index (χ1n) is 5.78. The minimum Gasteiger partial charge on any atom is -0.460 e. The van der Waals surface area contributed by atoms with Gasteiger partial charge in [0.05, 0.1) is 6.10 Å². The van der Waals surface area contributed by atoms with Gasteiger partial charge in [0.1, 0.15) is 6.61 Å². The van der Waals surface area contributed by atoms with Gasteiger partial charge in [-0.25, -0.2) is 4.79 Å². The third-order valence-corrected chi connectivity index (χ3v) is 2.42. The van der Waals surface area contributed by atoms with Crippen LogP contribution in [0.4, 0.5) is 39.5 Å². The largest absolute Gasteiger partial charge is 0.460 e. The van der Waals surface area contributed by atoms with E-state index in [1.807, 2.05) is 0 Å². The molecule has 1 N–H and O–H groups in total. The van der Waals surface area contributed by atoms with Gasteiger partial charge in [-0.3, -0.25) is 0 Å². The minimum atomic E-state index is -7.02. The van der Waals surface area contributed by atoms with Gasteiger partial charge in [0.15, 0.2) is 0 Å². The summed E-state index contributed by atoms with van der Waals surface area (Å²) in [4.78, 5) is 10.8. The second-order valence-electron chi connectivity index (χ2n) is 4.34. The standard InChI is InChI=1S/C11H11F9O3/c1-2-3-7(22)23-5-6(21)4-8(12,13)9(14,15)10(16,17)11(18,19)20/h2-3,6,21H,4-5H2,1H3. The van der Waals surface area contributed by atoms with Crippen molar-refractivity contribution in [1.82, 2.24) is 0 Å². The summed E-state index contributed by atoms with van der Waals surface area (Å²) in [7, 11) is 0. The summed E-state index contributed by atoms with van der Waals surface area (Å²) in [5, 5.41) is 8.99. The molecule has 0 aromatic heterocycles. The quantitative estimate of drug-likeness (QED) is 0.429. The van der Waals surface area contributed by atoms with E-state index in [2.05, 4.69) is 4.74 Å². The lowest BCUT2D eigenvalue weighted by molar-refractivity contribution is -0.398. The highest BCUT2D eigenvalue weighted by Crippen LogP contribution is 2.54. The molecule has 0 heterocycles. The summed E-state index contributed by atoms with van der Waals surface area (Å²) in [5.74, 6) is -20.9. The molecule has 0 aliphatic carbocycles. The zero-order valence-electron chi connectivity index (χ0n) is 11.3. The third-order valence-electron chi connectivity index (χ3n) is 2.42. The molecule has 12 heteroatoms. The predicted molar refractivity (Wildman–Crippen MR) is 57.3 cm³/mol. The Labute approximate surface area is 123 Å². The van der Waals surface area contributed by atoms with Crippen molar-refractivity contribution >= 4 is 5.97 Å². The summed E-state index contributed by atoms with van der Waals surface area (Å²) in [6, 6.07) is 0. The maximum Gasteiger partial charge on any atom is 0.460 e. The Morgan fingerprint density at radius 3 is 1.91 bits per heavy atom. The Morgan fingerprint density at radius 2 is 1.52 bits per heavy atom. The van der Waals surface area contributed by atoms with Gasteiger partial charge in [0.2, 0.25) is 0 Å². The van der Waals surface area contributed by atoms with Gasteiger partial charge in [0, 0.05) is 12.5 Å². The van der Waals surface area contributed by atoms with Gasteiger partial charge in [-0.1, -0.05) is 6.08 Å². The van der Waals surface area contributed by atoms with E-state index in [1.54, 1.807) is 0 Å². The number of carbonyl (C=O) groups is 1. The van der Waals surface area contributed by atoms with Crippen molar-refractivity contribution in [2.75, 3.05) is 6.61 Å². The zero-order valence-corrected chi connectivity index (χ0v) is 11.3. The monoisotopic (exact) mass is 362 g/mol. The summed E-state index contributed by atoms with van der Waals surface area (Å²) < 4.78 is 117. The fourth-order valence-corrected chi connectivity index (χ4v) is 1.25. The topological polar surface area (TPSA) is 46.5 Å². The molecule has 3 nitrogen and oxygen atoms in total. The van der Waals surface area contributed by atoms with E-state index in [4.69, 9.17) is 5.11 Å². The molecule has 0 radical (unpaired) electrons. The van der Waals surface area contributed by atoms with Crippen LogP contribution < -0.4 is 0 Å². The molecule has 0 fully saturated rings. The van der Waals surface area contributed by atoms with Crippen molar-refractivity contribution in [2.24, 2.45) is 0 Å². The van der Waals surface area contributed by atoms with Crippen LogP contribution in [0.15, 0.2) is 12.2 Å².